The zero-order valence-corrected chi connectivity index (χ0v) is 11.5. The first-order valence-corrected chi connectivity index (χ1v) is 6.93. The number of amides is 1. The Morgan fingerprint density at radius 3 is 3.10 bits per heavy atom. The van der Waals surface area contributed by atoms with Crippen molar-refractivity contribution in [3.63, 3.8) is 0 Å². The lowest BCUT2D eigenvalue weighted by atomic mass is 10.3. The summed E-state index contributed by atoms with van der Waals surface area (Å²) < 4.78 is 10.5. The molecule has 6 nitrogen and oxygen atoms in total. The Hall–Kier alpha value is -1.50. The van der Waals surface area contributed by atoms with Gasteiger partial charge in [0.25, 0.3) is 5.91 Å². The summed E-state index contributed by atoms with van der Waals surface area (Å²) in [6, 6.07) is 3.95. The smallest absolute Gasteiger partial charge is 0.251 e. The molecule has 1 unspecified atom stereocenters. The molecule has 1 saturated heterocycles. The first-order valence-electron chi connectivity index (χ1n) is 6.93. The summed E-state index contributed by atoms with van der Waals surface area (Å²) in [4.78, 5) is 15.8. The van der Waals surface area contributed by atoms with Gasteiger partial charge in [-0.05, 0) is 24.6 Å². The minimum absolute atomic E-state index is 0.0861. The van der Waals surface area contributed by atoms with E-state index in [1.165, 1.54) is 0 Å². The zero-order chi connectivity index (χ0) is 14.0. The quantitative estimate of drug-likeness (QED) is 0.692. The van der Waals surface area contributed by atoms with Gasteiger partial charge in [0.2, 0.25) is 0 Å². The van der Waals surface area contributed by atoms with Crippen LogP contribution in [0.15, 0.2) is 24.5 Å². The van der Waals surface area contributed by atoms with Crippen molar-refractivity contribution in [2.75, 3.05) is 32.9 Å². The first-order chi connectivity index (χ1) is 9.86. The molecule has 0 saturated carbocycles. The molecule has 0 radical (unpaired) electrons. The van der Waals surface area contributed by atoms with E-state index in [9.17, 15) is 4.79 Å². The third-order valence-corrected chi connectivity index (χ3v) is 2.99. The van der Waals surface area contributed by atoms with Crippen molar-refractivity contribution in [2.24, 2.45) is 0 Å². The molecule has 0 spiro atoms. The summed E-state index contributed by atoms with van der Waals surface area (Å²) in [6.45, 7) is 3.69. The van der Waals surface area contributed by atoms with Crippen LogP contribution in [0.4, 0.5) is 0 Å². The van der Waals surface area contributed by atoms with E-state index >= 15 is 0 Å². The number of carbonyl (C=O) groups is 1. The van der Waals surface area contributed by atoms with Crippen LogP contribution in [0.25, 0.3) is 0 Å². The molecule has 0 aromatic carbocycles. The SMILES string of the molecule is O=C(NCCCNCc1cccnc1)C1COCCO1. The van der Waals surface area contributed by atoms with Gasteiger partial charge in [-0.15, -0.1) is 0 Å². The lowest BCUT2D eigenvalue weighted by Gasteiger charge is -2.22. The fourth-order valence-electron chi connectivity index (χ4n) is 1.91. The monoisotopic (exact) mass is 279 g/mol. The van der Waals surface area contributed by atoms with Gasteiger partial charge in [-0.3, -0.25) is 9.78 Å². The van der Waals surface area contributed by atoms with E-state index in [-0.39, 0.29) is 5.91 Å². The molecule has 1 amide bonds. The van der Waals surface area contributed by atoms with E-state index in [4.69, 9.17) is 9.47 Å². The molecule has 1 atom stereocenters. The highest BCUT2D eigenvalue weighted by Crippen LogP contribution is 2.00. The maximum Gasteiger partial charge on any atom is 0.251 e. The van der Waals surface area contributed by atoms with Crippen LogP contribution in [-0.4, -0.2) is 49.9 Å². The molecule has 2 heterocycles. The Kier molecular flexibility index (Phi) is 6.43. The van der Waals surface area contributed by atoms with Gasteiger partial charge in [0, 0.05) is 25.5 Å². The number of pyridine rings is 1. The van der Waals surface area contributed by atoms with E-state index in [1.54, 1.807) is 6.20 Å². The van der Waals surface area contributed by atoms with Gasteiger partial charge in [0.05, 0.1) is 19.8 Å². The van der Waals surface area contributed by atoms with E-state index in [0.717, 1.165) is 25.1 Å². The van der Waals surface area contributed by atoms with Gasteiger partial charge in [0.1, 0.15) is 0 Å². The molecule has 0 aliphatic carbocycles. The average Bonchev–Trinajstić information content (AvgIpc) is 2.52. The van der Waals surface area contributed by atoms with Crippen molar-refractivity contribution < 1.29 is 14.3 Å². The van der Waals surface area contributed by atoms with Crippen LogP contribution < -0.4 is 10.6 Å². The summed E-state index contributed by atoms with van der Waals surface area (Å²) >= 11 is 0. The second-order valence-corrected chi connectivity index (χ2v) is 4.62. The van der Waals surface area contributed by atoms with E-state index in [0.29, 0.717) is 26.4 Å². The highest BCUT2D eigenvalue weighted by atomic mass is 16.6. The van der Waals surface area contributed by atoms with Gasteiger partial charge in [-0.1, -0.05) is 6.07 Å². The van der Waals surface area contributed by atoms with Gasteiger partial charge in [-0.25, -0.2) is 0 Å². The highest BCUT2D eigenvalue weighted by molar-refractivity contribution is 5.80. The fourth-order valence-corrected chi connectivity index (χ4v) is 1.91. The number of hydrogen-bond acceptors (Lipinski definition) is 5. The van der Waals surface area contributed by atoms with Crippen LogP contribution in [0, 0.1) is 0 Å². The molecule has 1 aliphatic heterocycles. The van der Waals surface area contributed by atoms with E-state index in [2.05, 4.69) is 15.6 Å². The molecule has 1 aliphatic rings. The molecule has 1 fully saturated rings. The molecule has 6 heteroatoms. The Balaban J connectivity index is 1.50. The van der Waals surface area contributed by atoms with Crippen molar-refractivity contribution >= 4 is 5.91 Å². The number of ether oxygens (including phenoxy) is 2. The summed E-state index contributed by atoms with van der Waals surface area (Å²) in [5, 5.41) is 6.16. The molecule has 110 valence electrons. The predicted octanol–water partition coefficient (Wildman–Crippen LogP) is 0.0929. The minimum atomic E-state index is -0.452. The second kappa shape index (κ2) is 8.63. The van der Waals surface area contributed by atoms with Crippen molar-refractivity contribution in [2.45, 2.75) is 19.1 Å². The van der Waals surface area contributed by atoms with Crippen molar-refractivity contribution in [3.05, 3.63) is 30.1 Å². The van der Waals surface area contributed by atoms with E-state index < -0.39 is 6.10 Å². The average molecular weight is 279 g/mol. The van der Waals surface area contributed by atoms with Crippen LogP contribution in [0.2, 0.25) is 0 Å². The highest BCUT2D eigenvalue weighted by Gasteiger charge is 2.21. The van der Waals surface area contributed by atoms with Gasteiger partial charge < -0.3 is 20.1 Å². The molecule has 0 bridgehead atoms. The standard InChI is InChI=1S/C14H21N3O3/c18-14(13-11-19-7-8-20-13)17-6-2-5-16-10-12-3-1-4-15-9-12/h1,3-4,9,13,16H,2,5-8,10-11H2,(H,17,18). The Morgan fingerprint density at radius 2 is 2.35 bits per heavy atom. The van der Waals surface area contributed by atoms with Gasteiger partial charge >= 0.3 is 0 Å². The number of hydrogen-bond donors (Lipinski definition) is 2. The first kappa shape index (κ1) is 14.9. The molecule has 1 aromatic rings. The molecule has 20 heavy (non-hydrogen) atoms. The summed E-state index contributed by atoms with van der Waals surface area (Å²) in [5.74, 6) is -0.0861. The summed E-state index contributed by atoms with van der Waals surface area (Å²) in [7, 11) is 0. The van der Waals surface area contributed by atoms with Crippen LogP contribution in [-0.2, 0) is 20.8 Å². The Bertz CT molecular complexity index is 394. The van der Waals surface area contributed by atoms with Crippen LogP contribution in [0.5, 0.6) is 0 Å². The lowest BCUT2D eigenvalue weighted by molar-refractivity contribution is -0.147. The molecule has 2 N–H and O–H groups in total. The minimum Gasteiger partial charge on any atom is -0.376 e. The summed E-state index contributed by atoms with van der Waals surface area (Å²) in [5.41, 5.74) is 1.16. The number of nitrogens with zero attached hydrogens (tertiary/aromatic N) is 1. The maximum atomic E-state index is 11.7. The van der Waals surface area contributed by atoms with Crippen LogP contribution in [0.3, 0.4) is 0 Å². The van der Waals surface area contributed by atoms with Crippen molar-refractivity contribution in [1.82, 2.24) is 15.6 Å². The normalized spacial score (nSPS) is 18.7. The third-order valence-electron chi connectivity index (χ3n) is 2.99. The van der Waals surface area contributed by atoms with Crippen LogP contribution in [0.1, 0.15) is 12.0 Å². The van der Waals surface area contributed by atoms with E-state index in [1.807, 2.05) is 18.3 Å². The topological polar surface area (TPSA) is 72.5 Å². The summed E-state index contributed by atoms with van der Waals surface area (Å²) in [6.07, 6.45) is 4.03. The number of carbonyl (C=O) groups excluding carboxylic acids is 1. The largest absolute Gasteiger partial charge is 0.376 e. The molecular formula is C14H21N3O3. The second-order valence-electron chi connectivity index (χ2n) is 4.62. The van der Waals surface area contributed by atoms with Crippen molar-refractivity contribution in [3.8, 4) is 0 Å². The molecule has 1 aromatic heterocycles. The van der Waals surface area contributed by atoms with Gasteiger partial charge in [-0.2, -0.15) is 0 Å². The predicted molar refractivity (Wildman–Crippen MR) is 74.1 cm³/mol. The fraction of sp³-hybridized carbons (Fsp3) is 0.571. The lowest BCUT2D eigenvalue weighted by Crippen LogP contribution is -2.43. The van der Waals surface area contributed by atoms with Crippen molar-refractivity contribution in [1.29, 1.82) is 0 Å². The maximum absolute atomic E-state index is 11.7. The number of rotatable bonds is 7. The zero-order valence-electron chi connectivity index (χ0n) is 11.5. The Labute approximate surface area is 118 Å². The van der Waals surface area contributed by atoms with Crippen LogP contribution >= 0.6 is 0 Å². The van der Waals surface area contributed by atoms with Gasteiger partial charge in [0.15, 0.2) is 6.10 Å². The number of aromatic nitrogens is 1. The Morgan fingerprint density at radius 1 is 1.40 bits per heavy atom. The molecular weight excluding hydrogens is 258 g/mol. The number of nitrogens with one attached hydrogen (secondary N) is 2. The third kappa shape index (κ3) is 5.24. The molecule has 2 rings (SSSR count).